The van der Waals surface area contributed by atoms with Gasteiger partial charge in [0.15, 0.2) is 0 Å². The lowest BCUT2D eigenvalue weighted by Gasteiger charge is -2.32. The summed E-state index contributed by atoms with van der Waals surface area (Å²) in [4.78, 5) is 28.5. The van der Waals surface area contributed by atoms with E-state index in [2.05, 4.69) is 5.32 Å². The van der Waals surface area contributed by atoms with Gasteiger partial charge in [-0.1, -0.05) is 73.0 Å². The average molecular weight is 570 g/mol. The van der Waals surface area contributed by atoms with Crippen LogP contribution in [0.15, 0.2) is 77.7 Å². The molecular formula is C30H36ClN3O4S. The first-order chi connectivity index (χ1) is 18.5. The van der Waals surface area contributed by atoms with Crippen LogP contribution in [0, 0.1) is 13.8 Å². The Hall–Kier alpha value is -3.36. The molecule has 0 heterocycles. The van der Waals surface area contributed by atoms with Crippen molar-refractivity contribution in [3.8, 4) is 0 Å². The Morgan fingerprint density at radius 2 is 1.64 bits per heavy atom. The second-order valence-electron chi connectivity index (χ2n) is 9.58. The quantitative estimate of drug-likeness (QED) is 0.292. The van der Waals surface area contributed by atoms with Gasteiger partial charge < -0.3 is 10.2 Å². The number of nitrogens with one attached hydrogen (secondary N) is 1. The number of aryl methyl sites for hydroxylation is 2. The molecule has 0 fully saturated rings. The maximum absolute atomic E-state index is 13.9. The second-order valence-corrected chi connectivity index (χ2v) is 11.9. The minimum atomic E-state index is -4.09. The van der Waals surface area contributed by atoms with Crippen LogP contribution in [-0.4, -0.2) is 44.3 Å². The number of benzene rings is 3. The number of sulfonamides is 1. The summed E-state index contributed by atoms with van der Waals surface area (Å²) >= 11 is 6.05. The highest BCUT2D eigenvalue weighted by Gasteiger charge is 2.33. The molecule has 0 aliphatic rings. The van der Waals surface area contributed by atoms with Crippen molar-refractivity contribution < 1.29 is 18.0 Å². The number of unbranched alkanes of at least 4 members (excludes halogenated alkanes) is 1. The molecule has 39 heavy (non-hydrogen) atoms. The fourth-order valence-corrected chi connectivity index (χ4v) is 5.85. The summed E-state index contributed by atoms with van der Waals surface area (Å²) in [7, 11) is -4.09. The Kier molecular flexibility index (Phi) is 10.5. The van der Waals surface area contributed by atoms with E-state index >= 15 is 0 Å². The third kappa shape index (κ3) is 7.83. The Morgan fingerprint density at radius 3 is 2.26 bits per heavy atom. The summed E-state index contributed by atoms with van der Waals surface area (Å²) < 4.78 is 28.9. The molecule has 1 N–H and O–H groups in total. The maximum atomic E-state index is 13.9. The zero-order chi connectivity index (χ0) is 28.6. The van der Waals surface area contributed by atoms with Gasteiger partial charge in [0, 0.05) is 18.1 Å². The van der Waals surface area contributed by atoms with E-state index in [1.165, 1.54) is 17.0 Å². The van der Waals surface area contributed by atoms with Gasteiger partial charge in [0.1, 0.15) is 12.6 Å². The summed E-state index contributed by atoms with van der Waals surface area (Å²) in [5.41, 5.74) is 2.87. The zero-order valence-electron chi connectivity index (χ0n) is 22.9. The fourth-order valence-electron chi connectivity index (χ4n) is 4.22. The minimum Gasteiger partial charge on any atom is -0.354 e. The summed E-state index contributed by atoms with van der Waals surface area (Å²) in [6.45, 7) is 7.56. The largest absolute Gasteiger partial charge is 0.354 e. The van der Waals surface area contributed by atoms with E-state index in [4.69, 9.17) is 11.6 Å². The van der Waals surface area contributed by atoms with E-state index in [0.717, 1.165) is 33.8 Å². The van der Waals surface area contributed by atoms with E-state index in [0.29, 0.717) is 17.3 Å². The molecular weight excluding hydrogens is 534 g/mol. The van der Waals surface area contributed by atoms with E-state index in [1.54, 1.807) is 55.5 Å². The van der Waals surface area contributed by atoms with Crippen molar-refractivity contribution in [3.63, 3.8) is 0 Å². The smallest absolute Gasteiger partial charge is 0.264 e. The number of rotatable bonds is 12. The first-order valence-electron chi connectivity index (χ1n) is 13.0. The number of carbonyl (C=O) groups is 2. The predicted molar refractivity (Wildman–Crippen MR) is 156 cm³/mol. The van der Waals surface area contributed by atoms with Crippen LogP contribution in [0.1, 0.15) is 43.4 Å². The Bertz CT molecular complexity index is 1380. The van der Waals surface area contributed by atoms with Crippen LogP contribution in [0.4, 0.5) is 5.69 Å². The molecule has 3 aromatic rings. The number of hydrogen-bond acceptors (Lipinski definition) is 4. The molecule has 0 spiro atoms. The fraction of sp³-hybridized carbons (Fsp3) is 0.333. The highest BCUT2D eigenvalue weighted by Crippen LogP contribution is 2.28. The average Bonchev–Trinajstić information content (AvgIpc) is 2.91. The third-order valence-corrected chi connectivity index (χ3v) is 8.52. The molecule has 0 saturated carbocycles. The van der Waals surface area contributed by atoms with Gasteiger partial charge in [-0.15, -0.1) is 0 Å². The highest BCUT2D eigenvalue weighted by molar-refractivity contribution is 7.92. The Balaban J connectivity index is 2.01. The molecule has 0 aliphatic carbocycles. The van der Waals surface area contributed by atoms with Gasteiger partial charge in [-0.05, 0) is 68.7 Å². The summed E-state index contributed by atoms with van der Waals surface area (Å²) in [6.07, 6.45) is 1.74. The van der Waals surface area contributed by atoms with Gasteiger partial charge in [-0.25, -0.2) is 8.42 Å². The molecule has 2 amide bonds. The summed E-state index contributed by atoms with van der Waals surface area (Å²) in [5.74, 6) is -0.794. The number of hydrogen-bond donors (Lipinski definition) is 1. The third-order valence-electron chi connectivity index (χ3n) is 6.49. The van der Waals surface area contributed by atoms with Crippen LogP contribution in [-0.2, 0) is 26.2 Å². The van der Waals surface area contributed by atoms with Crippen molar-refractivity contribution in [3.05, 3.63) is 94.5 Å². The van der Waals surface area contributed by atoms with Crippen LogP contribution < -0.4 is 9.62 Å². The molecule has 0 unspecified atom stereocenters. The van der Waals surface area contributed by atoms with Gasteiger partial charge in [0.05, 0.1) is 10.6 Å². The molecule has 9 heteroatoms. The van der Waals surface area contributed by atoms with Crippen molar-refractivity contribution in [2.24, 2.45) is 0 Å². The van der Waals surface area contributed by atoms with Crippen molar-refractivity contribution in [2.45, 2.75) is 58.0 Å². The molecule has 208 valence electrons. The number of amides is 2. The molecule has 1 atom stereocenters. The molecule has 0 saturated heterocycles. The van der Waals surface area contributed by atoms with Gasteiger partial charge in [-0.2, -0.15) is 0 Å². The molecule has 0 radical (unpaired) electrons. The van der Waals surface area contributed by atoms with Crippen LogP contribution in [0.2, 0.25) is 5.02 Å². The van der Waals surface area contributed by atoms with Gasteiger partial charge in [0.25, 0.3) is 10.0 Å². The lowest BCUT2D eigenvalue weighted by molar-refractivity contribution is -0.139. The lowest BCUT2D eigenvalue weighted by atomic mass is 10.1. The van der Waals surface area contributed by atoms with Crippen molar-refractivity contribution in [1.82, 2.24) is 10.2 Å². The van der Waals surface area contributed by atoms with E-state index in [-0.39, 0.29) is 17.3 Å². The van der Waals surface area contributed by atoms with E-state index in [9.17, 15) is 18.0 Å². The number of anilines is 1. The summed E-state index contributed by atoms with van der Waals surface area (Å²) in [5, 5.41) is 3.44. The number of halogens is 1. The van der Waals surface area contributed by atoms with Crippen molar-refractivity contribution in [1.29, 1.82) is 0 Å². The minimum absolute atomic E-state index is 0.0763. The number of carbonyl (C=O) groups excluding carboxylic acids is 2. The summed E-state index contributed by atoms with van der Waals surface area (Å²) in [6, 6.07) is 19.6. The van der Waals surface area contributed by atoms with Crippen LogP contribution in [0.3, 0.4) is 0 Å². The van der Waals surface area contributed by atoms with Crippen molar-refractivity contribution in [2.75, 3.05) is 17.4 Å². The topological polar surface area (TPSA) is 86.8 Å². The maximum Gasteiger partial charge on any atom is 0.264 e. The lowest BCUT2D eigenvalue weighted by Crippen LogP contribution is -2.51. The predicted octanol–water partition coefficient (Wildman–Crippen LogP) is 5.49. The first kappa shape index (κ1) is 30.2. The second kappa shape index (κ2) is 13.6. The molecule has 0 bridgehead atoms. The molecule has 0 aliphatic heterocycles. The molecule has 3 aromatic carbocycles. The van der Waals surface area contributed by atoms with Gasteiger partial charge in [-0.3, -0.25) is 13.9 Å². The van der Waals surface area contributed by atoms with Crippen LogP contribution in [0.5, 0.6) is 0 Å². The normalized spacial score (nSPS) is 12.0. The van der Waals surface area contributed by atoms with Crippen LogP contribution >= 0.6 is 11.6 Å². The zero-order valence-corrected chi connectivity index (χ0v) is 24.4. The highest BCUT2D eigenvalue weighted by atomic mass is 35.5. The first-order valence-corrected chi connectivity index (χ1v) is 14.8. The van der Waals surface area contributed by atoms with E-state index in [1.807, 2.05) is 32.9 Å². The standard InChI is InChI=1S/C30H36ClN3O4S/c1-5-6-18-32-30(36)24(4)33(20-25-13-15-26(31)16-14-25)29(35)21-34(28-17-12-22(2)19-23(28)3)39(37,38)27-10-8-7-9-11-27/h7-17,19,24H,5-6,18,20-21H2,1-4H3,(H,32,36)/t24-/m0/s1. The molecule has 3 rings (SSSR count). The number of nitrogens with zero attached hydrogens (tertiary/aromatic N) is 2. The van der Waals surface area contributed by atoms with Gasteiger partial charge >= 0.3 is 0 Å². The molecule has 7 nitrogen and oxygen atoms in total. The van der Waals surface area contributed by atoms with Crippen molar-refractivity contribution >= 4 is 39.1 Å². The van der Waals surface area contributed by atoms with E-state index < -0.39 is 28.5 Å². The SMILES string of the molecule is CCCCNC(=O)[C@H](C)N(Cc1ccc(Cl)cc1)C(=O)CN(c1ccc(C)cc1C)S(=O)(=O)c1ccccc1. The Labute approximate surface area is 236 Å². The molecule has 0 aromatic heterocycles. The van der Waals surface area contributed by atoms with Gasteiger partial charge in [0.2, 0.25) is 11.8 Å². The monoisotopic (exact) mass is 569 g/mol. The van der Waals surface area contributed by atoms with Crippen LogP contribution in [0.25, 0.3) is 0 Å². The Morgan fingerprint density at radius 1 is 0.974 bits per heavy atom.